The summed E-state index contributed by atoms with van der Waals surface area (Å²) in [7, 11) is 0. The standard InChI is InChI=1S/C20H40/c1-5-7-9-11-13-15-19(3)17-18-20(4)16-14-12-10-8-6-2/h19-20H,1-2,5-18H2,3-4H3. The fraction of sp³-hybridized carbons (Fsp3) is 0.900. The molecule has 120 valence electrons. The van der Waals surface area contributed by atoms with Gasteiger partial charge < -0.3 is 0 Å². The summed E-state index contributed by atoms with van der Waals surface area (Å²) in [6, 6.07) is 0. The van der Waals surface area contributed by atoms with Crippen LogP contribution in [0, 0.1) is 25.7 Å². The summed E-state index contributed by atoms with van der Waals surface area (Å²) in [6.07, 6.45) is 19.1. The zero-order valence-corrected chi connectivity index (χ0v) is 14.5. The molecular formula is C20H40. The van der Waals surface area contributed by atoms with E-state index in [0.29, 0.717) is 0 Å². The summed E-state index contributed by atoms with van der Waals surface area (Å²) in [5.41, 5.74) is 0. The van der Waals surface area contributed by atoms with Crippen LogP contribution in [-0.2, 0) is 0 Å². The van der Waals surface area contributed by atoms with Crippen molar-refractivity contribution in [3.05, 3.63) is 13.8 Å². The van der Waals surface area contributed by atoms with Crippen LogP contribution in [-0.4, -0.2) is 0 Å². The molecule has 0 bridgehead atoms. The quantitative estimate of drug-likeness (QED) is 0.274. The first-order valence-corrected chi connectivity index (χ1v) is 9.29. The normalized spacial score (nSPS) is 14.4. The first kappa shape index (κ1) is 20.0. The second kappa shape index (κ2) is 15.4. The second-order valence-electron chi connectivity index (χ2n) is 6.90. The fourth-order valence-electron chi connectivity index (χ4n) is 2.90. The smallest absolute Gasteiger partial charge is 0.0443 e. The molecule has 0 aliphatic heterocycles. The van der Waals surface area contributed by atoms with Gasteiger partial charge in [0.15, 0.2) is 0 Å². The van der Waals surface area contributed by atoms with Crippen molar-refractivity contribution in [2.24, 2.45) is 11.8 Å². The molecule has 0 saturated carbocycles. The van der Waals surface area contributed by atoms with E-state index in [9.17, 15) is 0 Å². The predicted octanol–water partition coefficient (Wildman–Crippen LogP) is 7.39. The van der Waals surface area contributed by atoms with Crippen LogP contribution in [0.25, 0.3) is 0 Å². The molecule has 0 N–H and O–H groups in total. The van der Waals surface area contributed by atoms with Gasteiger partial charge in [0.05, 0.1) is 0 Å². The molecule has 0 spiro atoms. The Hall–Kier alpha value is 0. The molecule has 0 heteroatoms. The summed E-state index contributed by atoms with van der Waals surface area (Å²) in [5, 5.41) is 0. The van der Waals surface area contributed by atoms with E-state index < -0.39 is 0 Å². The summed E-state index contributed by atoms with van der Waals surface area (Å²) >= 11 is 0. The Morgan fingerprint density at radius 2 is 0.850 bits per heavy atom. The topological polar surface area (TPSA) is 0 Å². The largest absolute Gasteiger partial charge is 0.0625 e. The molecule has 20 heavy (non-hydrogen) atoms. The van der Waals surface area contributed by atoms with E-state index in [0.717, 1.165) is 24.7 Å². The van der Waals surface area contributed by atoms with Crippen LogP contribution < -0.4 is 0 Å². The van der Waals surface area contributed by atoms with Gasteiger partial charge in [0.1, 0.15) is 0 Å². The van der Waals surface area contributed by atoms with E-state index in [1.54, 1.807) is 0 Å². The van der Waals surface area contributed by atoms with E-state index in [2.05, 4.69) is 27.7 Å². The van der Waals surface area contributed by atoms with E-state index in [1.807, 2.05) is 0 Å². The lowest BCUT2D eigenvalue weighted by Gasteiger charge is -2.15. The van der Waals surface area contributed by atoms with Crippen LogP contribution in [0.2, 0.25) is 0 Å². The Labute approximate surface area is 130 Å². The van der Waals surface area contributed by atoms with E-state index in [1.165, 1.54) is 77.0 Å². The van der Waals surface area contributed by atoms with Crippen LogP contribution >= 0.6 is 0 Å². The Kier molecular flexibility index (Phi) is 15.4. The third kappa shape index (κ3) is 14.4. The molecule has 2 unspecified atom stereocenters. The maximum atomic E-state index is 3.90. The molecule has 0 aromatic heterocycles. The van der Waals surface area contributed by atoms with Crippen molar-refractivity contribution < 1.29 is 0 Å². The second-order valence-corrected chi connectivity index (χ2v) is 6.90. The minimum absolute atomic E-state index is 0.934. The van der Waals surface area contributed by atoms with Gasteiger partial charge in [-0.2, -0.15) is 0 Å². The van der Waals surface area contributed by atoms with Gasteiger partial charge in [-0.3, -0.25) is 0 Å². The Bertz CT molecular complexity index is 153. The highest BCUT2D eigenvalue weighted by atomic mass is 14.1. The summed E-state index contributed by atoms with van der Waals surface area (Å²) in [4.78, 5) is 0. The molecule has 0 saturated heterocycles. The van der Waals surface area contributed by atoms with Gasteiger partial charge in [-0.1, -0.05) is 118 Å². The molecule has 0 aromatic carbocycles. The maximum Gasteiger partial charge on any atom is -0.0443 e. The average molecular weight is 281 g/mol. The number of rotatable bonds is 15. The maximum absolute atomic E-state index is 3.90. The Morgan fingerprint density at radius 1 is 0.500 bits per heavy atom. The van der Waals surface area contributed by atoms with Gasteiger partial charge in [0.25, 0.3) is 0 Å². The van der Waals surface area contributed by atoms with Crippen LogP contribution in [0.1, 0.15) is 104 Å². The SMILES string of the molecule is [CH2]CCCCCCC(C)CCC(C)CCCCCC[CH2]. The summed E-state index contributed by atoms with van der Waals surface area (Å²) in [5.74, 6) is 1.87. The molecule has 2 radical (unpaired) electrons. The number of unbranched alkanes of at least 4 members (excludes halogenated alkanes) is 8. The minimum atomic E-state index is 0.934. The highest BCUT2D eigenvalue weighted by molar-refractivity contribution is 4.60. The van der Waals surface area contributed by atoms with E-state index in [4.69, 9.17) is 0 Å². The van der Waals surface area contributed by atoms with Crippen LogP contribution in [0.4, 0.5) is 0 Å². The van der Waals surface area contributed by atoms with Crippen molar-refractivity contribution in [2.45, 2.75) is 104 Å². The molecule has 0 nitrogen and oxygen atoms in total. The van der Waals surface area contributed by atoms with Gasteiger partial charge in [-0.05, 0) is 11.8 Å². The van der Waals surface area contributed by atoms with Crippen molar-refractivity contribution in [1.82, 2.24) is 0 Å². The third-order valence-electron chi connectivity index (χ3n) is 4.55. The van der Waals surface area contributed by atoms with Crippen molar-refractivity contribution in [3.63, 3.8) is 0 Å². The highest BCUT2D eigenvalue weighted by Crippen LogP contribution is 2.22. The molecule has 0 fully saturated rings. The highest BCUT2D eigenvalue weighted by Gasteiger charge is 2.06. The molecule has 0 heterocycles. The van der Waals surface area contributed by atoms with Gasteiger partial charge >= 0.3 is 0 Å². The first-order chi connectivity index (χ1) is 9.70. The summed E-state index contributed by atoms with van der Waals surface area (Å²) < 4.78 is 0. The fourth-order valence-corrected chi connectivity index (χ4v) is 2.90. The van der Waals surface area contributed by atoms with Crippen LogP contribution in [0.5, 0.6) is 0 Å². The molecule has 0 aliphatic rings. The van der Waals surface area contributed by atoms with Crippen molar-refractivity contribution in [2.75, 3.05) is 0 Å². The monoisotopic (exact) mass is 280 g/mol. The van der Waals surface area contributed by atoms with Crippen LogP contribution in [0.3, 0.4) is 0 Å². The van der Waals surface area contributed by atoms with Gasteiger partial charge in [0, 0.05) is 0 Å². The van der Waals surface area contributed by atoms with Crippen molar-refractivity contribution >= 4 is 0 Å². The van der Waals surface area contributed by atoms with Crippen molar-refractivity contribution in [3.8, 4) is 0 Å². The molecule has 0 rings (SSSR count). The van der Waals surface area contributed by atoms with Gasteiger partial charge in [-0.25, -0.2) is 0 Å². The minimum Gasteiger partial charge on any atom is -0.0625 e. The third-order valence-corrected chi connectivity index (χ3v) is 4.55. The average Bonchev–Trinajstić information content (AvgIpc) is 2.44. The van der Waals surface area contributed by atoms with Crippen LogP contribution in [0.15, 0.2) is 0 Å². The molecule has 0 amide bonds. The lowest BCUT2D eigenvalue weighted by molar-refractivity contribution is 0.378. The Morgan fingerprint density at radius 3 is 1.20 bits per heavy atom. The van der Waals surface area contributed by atoms with Gasteiger partial charge in [0.2, 0.25) is 0 Å². The predicted molar refractivity (Wildman–Crippen MR) is 93.7 cm³/mol. The molecule has 0 aliphatic carbocycles. The van der Waals surface area contributed by atoms with E-state index >= 15 is 0 Å². The number of hydrogen-bond acceptors (Lipinski definition) is 0. The molecule has 0 aromatic rings. The molecular weight excluding hydrogens is 240 g/mol. The Balaban J connectivity index is 3.32. The number of hydrogen-bond donors (Lipinski definition) is 0. The lowest BCUT2D eigenvalue weighted by Crippen LogP contribution is -2.01. The van der Waals surface area contributed by atoms with E-state index in [-0.39, 0.29) is 0 Å². The van der Waals surface area contributed by atoms with Gasteiger partial charge in [-0.15, -0.1) is 0 Å². The summed E-state index contributed by atoms with van der Waals surface area (Å²) in [6.45, 7) is 12.7. The lowest BCUT2D eigenvalue weighted by atomic mass is 9.91. The zero-order chi connectivity index (χ0) is 15.1. The first-order valence-electron chi connectivity index (χ1n) is 9.29. The molecule has 2 atom stereocenters. The zero-order valence-electron chi connectivity index (χ0n) is 14.5. The van der Waals surface area contributed by atoms with Crippen molar-refractivity contribution in [1.29, 1.82) is 0 Å².